The smallest absolute Gasteiger partial charge is 0.242 e. The van der Waals surface area contributed by atoms with Gasteiger partial charge in [-0.25, -0.2) is 13.1 Å². The Bertz CT molecular complexity index is 538. The highest BCUT2D eigenvalue weighted by Gasteiger charge is 2.21. The molecule has 5 nitrogen and oxygen atoms in total. The molecule has 21 heavy (non-hydrogen) atoms. The molecule has 0 spiro atoms. The van der Waals surface area contributed by atoms with E-state index in [4.69, 9.17) is 5.73 Å². The van der Waals surface area contributed by atoms with Crippen LogP contribution in [0.5, 0.6) is 0 Å². The van der Waals surface area contributed by atoms with Gasteiger partial charge in [0.2, 0.25) is 10.0 Å². The number of nitrogens with two attached hydrogens (primary N) is 1. The van der Waals surface area contributed by atoms with Gasteiger partial charge in [0.25, 0.3) is 0 Å². The largest absolute Gasteiger partial charge is 0.346 e. The van der Waals surface area contributed by atoms with E-state index in [0.29, 0.717) is 11.4 Å². The first kappa shape index (κ1) is 18.5. The molecule has 0 saturated carbocycles. The predicted octanol–water partition coefficient (Wildman–Crippen LogP) is 2.34. The molecule has 1 unspecified atom stereocenters. The lowest BCUT2D eigenvalue weighted by Gasteiger charge is -2.13. The lowest BCUT2D eigenvalue weighted by molar-refractivity contribution is 0.554. The molecule has 0 aliphatic carbocycles. The summed E-state index contributed by atoms with van der Waals surface area (Å²) in [5, 5.41) is 0. The molecule has 0 aliphatic heterocycles. The third-order valence-corrected chi connectivity index (χ3v) is 5.73. The fourth-order valence-corrected chi connectivity index (χ4v) is 4.22. The summed E-state index contributed by atoms with van der Waals surface area (Å²) in [6.07, 6.45) is 2.50. The van der Waals surface area contributed by atoms with Crippen molar-refractivity contribution >= 4 is 21.8 Å². The molecule has 1 heterocycles. The molecule has 0 aliphatic rings. The Morgan fingerprint density at radius 3 is 2.52 bits per heavy atom. The van der Waals surface area contributed by atoms with Crippen molar-refractivity contribution in [3.63, 3.8) is 0 Å². The number of thioether (sulfide) groups is 1. The minimum absolute atomic E-state index is 0.0715. The average Bonchev–Trinajstić information content (AvgIpc) is 2.83. The zero-order valence-corrected chi connectivity index (χ0v) is 14.9. The maximum atomic E-state index is 12.4. The van der Waals surface area contributed by atoms with E-state index in [1.54, 1.807) is 12.3 Å². The Labute approximate surface area is 132 Å². The molecule has 7 heteroatoms. The van der Waals surface area contributed by atoms with Gasteiger partial charge in [0.05, 0.1) is 4.90 Å². The third kappa shape index (κ3) is 5.32. The van der Waals surface area contributed by atoms with Crippen LogP contribution in [0.25, 0.3) is 0 Å². The molecule has 1 aromatic rings. The van der Waals surface area contributed by atoms with Crippen LogP contribution < -0.4 is 10.5 Å². The first-order chi connectivity index (χ1) is 9.81. The van der Waals surface area contributed by atoms with Crippen LogP contribution in [-0.4, -0.2) is 30.5 Å². The highest BCUT2D eigenvalue weighted by Crippen LogP contribution is 2.19. The second kappa shape index (κ2) is 8.22. The molecule has 0 fully saturated rings. The Hall–Kier alpha value is -0.500. The molecule has 3 N–H and O–H groups in total. The number of hydrogen-bond donors (Lipinski definition) is 2. The minimum Gasteiger partial charge on any atom is -0.346 e. The second-order valence-corrected chi connectivity index (χ2v) is 8.49. The predicted molar refractivity (Wildman–Crippen MR) is 90.1 cm³/mol. The van der Waals surface area contributed by atoms with Gasteiger partial charge < -0.3 is 10.3 Å². The van der Waals surface area contributed by atoms with Crippen LogP contribution in [0, 0.1) is 0 Å². The molecular formula is C14H27N3O2S2. The van der Waals surface area contributed by atoms with Crippen LogP contribution in [0.4, 0.5) is 0 Å². The van der Waals surface area contributed by atoms with Crippen molar-refractivity contribution in [2.75, 3.05) is 11.5 Å². The fraction of sp³-hybridized carbons (Fsp3) is 0.714. The van der Waals surface area contributed by atoms with Gasteiger partial charge in [-0.2, -0.15) is 11.8 Å². The summed E-state index contributed by atoms with van der Waals surface area (Å²) in [5.74, 6) is 2.01. The Kier molecular flexibility index (Phi) is 7.26. The van der Waals surface area contributed by atoms with Gasteiger partial charge in [0.1, 0.15) is 0 Å². The Morgan fingerprint density at radius 2 is 2.05 bits per heavy atom. The molecular weight excluding hydrogens is 306 g/mol. The molecule has 1 rings (SSSR count). The molecule has 0 saturated heterocycles. The SMILES string of the molecule is CCSCCC(C)NS(=O)(=O)c1cc(CN)n(C(C)C)c1. The Morgan fingerprint density at radius 1 is 1.38 bits per heavy atom. The van der Waals surface area contributed by atoms with Gasteiger partial charge >= 0.3 is 0 Å². The van der Waals surface area contributed by atoms with Crippen LogP contribution in [-0.2, 0) is 16.6 Å². The molecule has 1 aromatic heterocycles. The van der Waals surface area contributed by atoms with E-state index < -0.39 is 10.0 Å². The molecule has 0 amide bonds. The van der Waals surface area contributed by atoms with Crippen LogP contribution in [0.15, 0.2) is 17.2 Å². The molecule has 1 atom stereocenters. The average molecular weight is 334 g/mol. The number of aromatic nitrogens is 1. The minimum atomic E-state index is -3.48. The van der Waals surface area contributed by atoms with Crippen LogP contribution in [0.3, 0.4) is 0 Å². The quantitative estimate of drug-likeness (QED) is 0.680. The lowest BCUT2D eigenvalue weighted by Crippen LogP contribution is -2.32. The number of sulfonamides is 1. The van der Waals surface area contributed by atoms with Gasteiger partial charge in [0.15, 0.2) is 0 Å². The maximum Gasteiger partial charge on any atom is 0.242 e. The van der Waals surface area contributed by atoms with E-state index in [9.17, 15) is 8.42 Å². The zero-order valence-electron chi connectivity index (χ0n) is 13.3. The van der Waals surface area contributed by atoms with Gasteiger partial charge in [-0.1, -0.05) is 6.92 Å². The van der Waals surface area contributed by atoms with E-state index in [-0.39, 0.29) is 12.1 Å². The van der Waals surface area contributed by atoms with Crippen molar-refractivity contribution in [2.24, 2.45) is 5.73 Å². The summed E-state index contributed by atoms with van der Waals surface area (Å²) in [6, 6.07) is 1.78. The van der Waals surface area contributed by atoms with Gasteiger partial charge in [-0.3, -0.25) is 0 Å². The van der Waals surface area contributed by atoms with Crippen molar-refractivity contribution in [1.29, 1.82) is 0 Å². The van der Waals surface area contributed by atoms with Crippen molar-refractivity contribution in [2.45, 2.75) is 57.6 Å². The summed E-state index contributed by atoms with van der Waals surface area (Å²) >= 11 is 1.82. The van der Waals surface area contributed by atoms with E-state index in [2.05, 4.69) is 11.6 Å². The van der Waals surface area contributed by atoms with Crippen LogP contribution in [0.2, 0.25) is 0 Å². The summed E-state index contributed by atoms with van der Waals surface area (Å²) in [4.78, 5) is 0.298. The number of rotatable bonds is 9. The van der Waals surface area contributed by atoms with Gasteiger partial charge in [-0.05, 0) is 44.8 Å². The molecule has 0 bridgehead atoms. The monoisotopic (exact) mass is 333 g/mol. The number of nitrogens with one attached hydrogen (secondary N) is 1. The number of hydrogen-bond acceptors (Lipinski definition) is 4. The topological polar surface area (TPSA) is 77.1 Å². The van der Waals surface area contributed by atoms with Crippen molar-refractivity contribution in [3.05, 3.63) is 18.0 Å². The Balaban J connectivity index is 2.83. The fourth-order valence-electron chi connectivity index (χ4n) is 2.08. The summed E-state index contributed by atoms with van der Waals surface area (Å²) in [5.41, 5.74) is 6.52. The number of nitrogens with zero attached hydrogens (tertiary/aromatic N) is 1. The van der Waals surface area contributed by atoms with E-state index in [1.807, 2.05) is 37.1 Å². The first-order valence-electron chi connectivity index (χ1n) is 7.32. The molecule has 0 radical (unpaired) electrons. The van der Waals surface area contributed by atoms with Crippen LogP contribution >= 0.6 is 11.8 Å². The normalized spacial score (nSPS) is 13.8. The highest BCUT2D eigenvalue weighted by atomic mass is 32.2. The highest BCUT2D eigenvalue weighted by molar-refractivity contribution is 7.99. The first-order valence-corrected chi connectivity index (χ1v) is 9.96. The lowest BCUT2D eigenvalue weighted by atomic mass is 10.3. The van der Waals surface area contributed by atoms with E-state index in [0.717, 1.165) is 23.6 Å². The zero-order chi connectivity index (χ0) is 16.0. The van der Waals surface area contributed by atoms with Crippen molar-refractivity contribution < 1.29 is 8.42 Å². The third-order valence-electron chi connectivity index (χ3n) is 3.24. The van der Waals surface area contributed by atoms with Gasteiger partial charge in [-0.15, -0.1) is 0 Å². The maximum absolute atomic E-state index is 12.4. The second-order valence-electron chi connectivity index (χ2n) is 5.38. The summed E-state index contributed by atoms with van der Waals surface area (Å²) < 4.78 is 29.5. The van der Waals surface area contributed by atoms with Crippen LogP contribution in [0.1, 0.15) is 45.9 Å². The van der Waals surface area contributed by atoms with Gasteiger partial charge in [0, 0.05) is 30.5 Å². The van der Waals surface area contributed by atoms with E-state index >= 15 is 0 Å². The van der Waals surface area contributed by atoms with E-state index in [1.165, 1.54) is 0 Å². The molecule has 122 valence electrons. The van der Waals surface area contributed by atoms with Crippen molar-refractivity contribution in [3.8, 4) is 0 Å². The summed E-state index contributed by atoms with van der Waals surface area (Å²) in [7, 11) is -3.48. The molecule has 0 aromatic carbocycles. The summed E-state index contributed by atoms with van der Waals surface area (Å²) in [6.45, 7) is 8.34. The van der Waals surface area contributed by atoms with Crippen molar-refractivity contribution in [1.82, 2.24) is 9.29 Å². The standard InChI is InChI=1S/C14H27N3O2S2/c1-5-20-7-6-12(4)16-21(18,19)14-8-13(9-15)17(10-14)11(2)3/h8,10-12,16H,5-7,9,15H2,1-4H3.